The minimum Gasteiger partial charge on any atom is -0.505 e. The lowest BCUT2D eigenvalue weighted by molar-refractivity contribution is 0.416. The molecule has 2 heteroatoms. The normalized spacial score (nSPS) is 15.6. The number of anilines is 1. The van der Waals surface area contributed by atoms with Gasteiger partial charge in [-0.15, -0.1) is 0 Å². The van der Waals surface area contributed by atoms with Crippen molar-refractivity contribution in [1.29, 1.82) is 0 Å². The van der Waals surface area contributed by atoms with E-state index < -0.39 is 0 Å². The molecule has 0 heterocycles. The monoisotopic (exact) mass is 323 g/mol. The van der Waals surface area contributed by atoms with E-state index in [0.29, 0.717) is 17.4 Å². The predicted molar refractivity (Wildman–Crippen MR) is 104 cm³/mol. The van der Waals surface area contributed by atoms with E-state index in [2.05, 4.69) is 45.0 Å². The molecule has 2 aromatic rings. The summed E-state index contributed by atoms with van der Waals surface area (Å²) in [7, 11) is 0. The van der Waals surface area contributed by atoms with Crippen molar-refractivity contribution in [3.05, 3.63) is 46.5 Å². The van der Waals surface area contributed by atoms with Gasteiger partial charge in [-0.1, -0.05) is 43.0 Å². The molecule has 1 fully saturated rings. The Labute approximate surface area is 145 Å². The van der Waals surface area contributed by atoms with Gasteiger partial charge in [0.25, 0.3) is 0 Å². The Morgan fingerprint density at radius 2 is 1.92 bits per heavy atom. The second-order valence-corrected chi connectivity index (χ2v) is 7.51. The van der Waals surface area contributed by atoms with Crippen LogP contribution in [-0.2, 0) is 6.42 Å². The maximum atomic E-state index is 10.8. The molecule has 2 aromatic carbocycles. The van der Waals surface area contributed by atoms with Crippen LogP contribution in [0.1, 0.15) is 68.6 Å². The van der Waals surface area contributed by atoms with Crippen molar-refractivity contribution in [2.75, 3.05) is 5.73 Å². The molecular formula is C22H29NO. The molecule has 0 bridgehead atoms. The zero-order chi connectivity index (χ0) is 17.3. The number of nitrogen functional groups attached to an aromatic ring is 1. The maximum Gasteiger partial charge on any atom is 0.142 e. The molecule has 0 atom stereocenters. The molecule has 1 aliphatic rings. The van der Waals surface area contributed by atoms with E-state index in [4.69, 9.17) is 5.73 Å². The topological polar surface area (TPSA) is 46.2 Å². The largest absolute Gasteiger partial charge is 0.505 e. The summed E-state index contributed by atoms with van der Waals surface area (Å²) in [5, 5.41) is 13.0. The van der Waals surface area contributed by atoms with Crippen LogP contribution in [-0.4, -0.2) is 5.11 Å². The Bertz CT molecular complexity index is 778. The summed E-state index contributed by atoms with van der Waals surface area (Å²) < 4.78 is 0. The molecule has 0 radical (unpaired) electrons. The smallest absolute Gasteiger partial charge is 0.142 e. The molecule has 0 saturated heterocycles. The molecule has 3 rings (SSSR count). The van der Waals surface area contributed by atoms with Crippen molar-refractivity contribution in [2.45, 2.75) is 65.2 Å². The first-order valence-corrected chi connectivity index (χ1v) is 9.16. The second kappa shape index (κ2) is 6.88. The Morgan fingerprint density at radius 3 is 2.58 bits per heavy atom. The van der Waals surface area contributed by atoms with Crippen LogP contribution in [0.5, 0.6) is 5.75 Å². The fourth-order valence-corrected chi connectivity index (χ4v) is 4.01. The van der Waals surface area contributed by atoms with E-state index in [1.165, 1.54) is 36.0 Å². The summed E-state index contributed by atoms with van der Waals surface area (Å²) in [5.41, 5.74) is 11.8. The highest BCUT2D eigenvalue weighted by Crippen LogP contribution is 2.44. The van der Waals surface area contributed by atoms with Crippen LogP contribution in [0.2, 0.25) is 0 Å². The van der Waals surface area contributed by atoms with Gasteiger partial charge in [-0.3, -0.25) is 0 Å². The average Bonchev–Trinajstić information content (AvgIpc) is 2.58. The highest BCUT2D eigenvalue weighted by atomic mass is 16.3. The van der Waals surface area contributed by atoms with Crippen LogP contribution in [0, 0.1) is 6.92 Å². The zero-order valence-electron chi connectivity index (χ0n) is 15.2. The van der Waals surface area contributed by atoms with Gasteiger partial charge in [0.05, 0.1) is 5.69 Å². The molecule has 3 N–H and O–H groups in total. The Hall–Kier alpha value is -1.96. The first kappa shape index (κ1) is 16.9. The number of nitrogens with two attached hydrogens (primary N) is 1. The van der Waals surface area contributed by atoms with Gasteiger partial charge in [-0.05, 0) is 74.1 Å². The number of fused-ring (bicyclic) bond motifs is 1. The first-order chi connectivity index (χ1) is 11.5. The molecule has 24 heavy (non-hydrogen) atoms. The molecule has 0 unspecified atom stereocenters. The van der Waals surface area contributed by atoms with Gasteiger partial charge in [-0.2, -0.15) is 0 Å². The second-order valence-electron chi connectivity index (χ2n) is 7.51. The number of phenols is 1. The fraction of sp³-hybridized carbons (Fsp3) is 0.455. The zero-order valence-corrected chi connectivity index (χ0v) is 15.2. The maximum absolute atomic E-state index is 10.8. The number of rotatable bonds is 3. The molecule has 128 valence electrons. The van der Waals surface area contributed by atoms with E-state index in [1.807, 2.05) is 0 Å². The third kappa shape index (κ3) is 3.15. The minimum atomic E-state index is 0.318. The van der Waals surface area contributed by atoms with Gasteiger partial charge < -0.3 is 10.8 Å². The molecule has 0 spiro atoms. The van der Waals surface area contributed by atoms with Gasteiger partial charge in [0.1, 0.15) is 5.75 Å². The summed E-state index contributed by atoms with van der Waals surface area (Å²) in [5.74, 6) is 0.770. The number of allylic oxidation sites excluding steroid dienone is 2. The Kier molecular flexibility index (Phi) is 4.84. The lowest BCUT2D eigenvalue weighted by Crippen LogP contribution is -2.06. The van der Waals surface area contributed by atoms with Gasteiger partial charge in [0.2, 0.25) is 0 Å². The van der Waals surface area contributed by atoms with Crippen LogP contribution in [0.25, 0.3) is 10.8 Å². The number of aryl methyl sites for hydroxylation is 1. The summed E-state index contributed by atoms with van der Waals surface area (Å²) in [6.07, 6.45) is 9.23. The predicted octanol–water partition coefficient (Wildman–Crippen LogP) is 5.99. The average molecular weight is 323 g/mol. The number of phenolic OH excluding ortho intramolecular Hbond substituents is 1. The van der Waals surface area contributed by atoms with Crippen LogP contribution in [0.3, 0.4) is 0 Å². The van der Waals surface area contributed by atoms with Crippen molar-refractivity contribution < 1.29 is 5.11 Å². The molecule has 1 aliphatic carbocycles. The van der Waals surface area contributed by atoms with E-state index in [9.17, 15) is 5.11 Å². The van der Waals surface area contributed by atoms with Crippen molar-refractivity contribution >= 4 is 16.5 Å². The van der Waals surface area contributed by atoms with Crippen molar-refractivity contribution in [3.8, 4) is 5.75 Å². The van der Waals surface area contributed by atoms with Crippen LogP contribution in [0.4, 0.5) is 5.69 Å². The molecule has 1 saturated carbocycles. The summed E-state index contributed by atoms with van der Waals surface area (Å²) in [6.45, 7) is 6.35. The van der Waals surface area contributed by atoms with Crippen LogP contribution >= 0.6 is 0 Å². The number of hydrogen-bond donors (Lipinski definition) is 2. The number of benzene rings is 2. The van der Waals surface area contributed by atoms with Gasteiger partial charge in [0, 0.05) is 5.39 Å². The first-order valence-electron chi connectivity index (χ1n) is 9.16. The van der Waals surface area contributed by atoms with Crippen LogP contribution < -0.4 is 5.73 Å². The minimum absolute atomic E-state index is 0.318. The van der Waals surface area contributed by atoms with E-state index in [0.717, 1.165) is 35.6 Å². The quantitative estimate of drug-likeness (QED) is 0.414. The molecule has 0 aromatic heterocycles. The van der Waals surface area contributed by atoms with Crippen molar-refractivity contribution in [3.63, 3.8) is 0 Å². The Balaban J connectivity index is 2.16. The van der Waals surface area contributed by atoms with E-state index >= 15 is 0 Å². The lowest BCUT2D eigenvalue weighted by Gasteiger charge is -2.24. The summed E-state index contributed by atoms with van der Waals surface area (Å²) in [6, 6.07) is 6.51. The molecule has 0 aliphatic heterocycles. The third-order valence-corrected chi connectivity index (χ3v) is 5.45. The van der Waals surface area contributed by atoms with Crippen molar-refractivity contribution in [1.82, 2.24) is 0 Å². The van der Waals surface area contributed by atoms with E-state index in [-0.39, 0.29) is 0 Å². The number of aromatic hydroxyl groups is 1. The highest BCUT2D eigenvalue weighted by molar-refractivity contribution is 6.00. The van der Waals surface area contributed by atoms with Gasteiger partial charge in [0.15, 0.2) is 0 Å². The Morgan fingerprint density at radius 1 is 1.21 bits per heavy atom. The SMILES string of the molecule is CC(C)=CCc1c(C)ccc2cc(C3CCCCC3)c(O)c(N)c12. The van der Waals surface area contributed by atoms with Gasteiger partial charge >= 0.3 is 0 Å². The third-order valence-electron chi connectivity index (χ3n) is 5.45. The molecular weight excluding hydrogens is 294 g/mol. The van der Waals surface area contributed by atoms with Gasteiger partial charge in [-0.25, -0.2) is 0 Å². The fourth-order valence-electron chi connectivity index (χ4n) is 4.01. The molecule has 0 amide bonds. The van der Waals surface area contributed by atoms with E-state index in [1.54, 1.807) is 0 Å². The summed E-state index contributed by atoms with van der Waals surface area (Å²) >= 11 is 0. The standard InChI is InChI=1S/C22H29NO/c1-14(2)9-12-18-15(3)10-11-17-13-19(16-7-5-4-6-8-16)22(24)21(23)20(17)18/h9-11,13,16,24H,4-8,12,23H2,1-3H3. The van der Waals surface area contributed by atoms with Crippen LogP contribution in [0.15, 0.2) is 29.8 Å². The summed E-state index contributed by atoms with van der Waals surface area (Å²) in [4.78, 5) is 0. The lowest BCUT2D eigenvalue weighted by atomic mass is 9.82. The van der Waals surface area contributed by atoms with Crippen molar-refractivity contribution in [2.24, 2.45) is 0 Å². The number of hydrogen-bond acceptors (Lipinski definition) is 2. The highest BCUT2D eigenvalue weighted by Gasteiger charge is 2.22. The molecule has 2 nitrogen and oxygen atoms in total.